The van der Waals surface area contributed by atoms with Crippen molar-refractivity contribution in [2.75, 3.05) is 27.7 Å². The standard InChI is InChI=1S/C15H29N3O/c1-17(2)15(19)14-9-8-12(16-14)10-11-18(3)13-6-4-5-7-13/h12-14,16H,4-11H2,1-3H3. The third-order valence-electron chi connectivity index (χ3n) is 4.76. The van der Waals surface area contributed by atoms with Gasteiger partial charge in [0, 0.05) is 26.2 Å². The summed E-state index contributed by atoms with van der Waals surface area (Å²) in [6.07, 6.45) is 8.85. The fraction of sp³-hybridized carbons (Fsp3) is 0.933. The van der Waals surface area contributed by atoms with Crippen molar-refractivity contribution in [3.8, 4) is 0 Å². The van der Waals surface area contributed by atoms with E-state index in [4.69, 9.17) is 0 Å². The molecule has 1 aliphatic carbocycles. The number of nitrogens with zero attached hydrogens (tertiary/aromatic N) is 2. The van der Waals surface area contributed by atoms with Crippen LogP contribution in [-0.4, -0.2) is 61.5 Å². The third kappa shape index (κ3) is 3.93. The molecule has 4 nitrogen and oxygen atoms in total. The monoisotopic (exact) mass is 267 g/mol. The van der Waals surface area contributed by atoms with E-state index < -0.39 is 0 Å². The van der Waals surface area contributed by atoms with Gasteiger partial charge < -0.3 is 15.1 Å². The lowest BCUT2D eigenvalue weighted by Crippen LogP contribution is -2.43. The Morgan fingerprint density at radius 3 is 2.42 bits per heavy atom. The molecule has 1 N–H and O–H groups in total. The largest absolute Gasteiger partial charge is 0.347 e. The second kappa shape index (κ2) is 6.71. The Morgan fingerprint density at radius 1 is 1.11 bits per heavy atom. The molecule has 1 amide bonds. The Morgan fingerprint density at radius 2 is 1.79 bits per heavy atom. The average Bonchev–Trinajstić information content (AvgIpc) is 3.06. The summed E-state index contributed by atoms with van der Waals surface area (Å²) in [7, 11) is 5.93. The minimum Gasteiger partial charge on any atom is -0.347 e. The van der Waals surface area contributed by atoms with Gasteiger partial charge in [0.2, 0.25) is 5.91 Å². The molecule has 0 aromatic carbocycles. The van der Waals surface area contributed by atoms with Gasteiger partial charge in [-0.1, -0.05) is 12.8 Å². The molecule has 0 aromatic rings. The summed E-state index contributed by atoms with van der Waals surface area (Å²) in [6, 6.07) is 1.38. The highest BCUT2D eigenvalue weighted by atomic mass is 16.2. The summed E-state index contributed by atoms with van der Waals surface area (Å²) in [5.74, 6) is 0.228. The minimum atomic E-state index is 0.0526. The highest BCUT2D eigenvalue weighted by Crippen LogP contribution is 2.23. The van der Waals surface area contributed by atoms with Gasteiger partial charge >= 0.3 is 0 Å². The molecule has 110 valence electrons. The van der Waals surface area contributed by atoms with Crippen molar-refractivity contribution in [3.63, 3.8) is 0 Å². The molecule has 1 saturated heterocycles. The van der Waals surface area contributed by atoms with E-state index >= 15 is 0 Å². The van der Waals surface area contributed by atoms with Crippen molar-refractivity contribution in [1.82, 2.24) is 15.1 Å². The van der Waals surface area contributed by atoms with Gasteiger partial charge in [-0.2, -0.15) is 0 Å². The first kappa shape index (κ1) is 14.8. The lowest BCUT2D eigenvalue weighted by molar-refractivity contribution is -0.130. The predicted octanol–water partition coefficient (Wildman–Crippen LogP) is 1.46. The van der Waals surface area contributed by atoms with E-state index in [1.165, 1.54) is 32.1 Å². The van der Waals surface area contributed by atoms with Gasteiger partial charge in [0.05, 0.1) is 6.04 Å². The van der Waals surface area contributed by atoms with E-state index in [0.717, 1.165) is 25.4 Å². The van der Waals surface area contributed by atoms with Crippen LogP contribution in [0, 0.1) is 0 Å². The van der Waals surface area contributed by atoms with Crippen LogP contribution in [0.25, 0.3) is 0 Å². The molecule has 2 aliphatic rings. The van der Waals surface area contributed by atoms with E-state index in [-0.39, 0.29) is 11.9 Å². The Bertz CT molecular complexity index is 300. The second-order valence-electron chi connectivity index (χ2n) is 6.43. The summed E-state index contributed by atoms with van der Waals surface area (Å²) < 4.78 is 0. The van der Waals surface area contributed by atoms with Gasteiger partial charge in [-0.3, -0.25) is 4.79 Å². The second-order valence-corrected chi connectivity index (χ2v) is 6.43. The molecule has 19 heavy (non-hydrogen) atoms. The fourth-order valence-electron chi connectivity index (χ4n) is 3.44. The molecule has 2 rings (SSSR count). The van der Waals surface area contributed by atoms with E-state index in [9.17, 15) is 4.79 Å². The maximum Gasteiger partial charge on any atom is 0.239 e. The maximum atomic E-state index is 11.9. The van der Waals surface area contributed by atoms with Crippen molar-refractivity contribution in [1.29, 1.82) is 0 Å². The quantitative estimate of drug-likeness (QED) is 0.819. The third-order valence-corrected chi connectivity index (χ3v) is 4.76. The molecule has 4 heteroatoms. The van der Waals surface area contributed by atoms with E-state index in [1.54, 1.807) is 4.90 Å². The molecule has 0 bridgehead atoms. The number of carbonyl (C=O) groups excluding carboxylic acids is 1. The maximum absolute atomic E-state index is 11.9. The van der Waals surface area contributed by atoms with Crippen molar-refractivity contribution < 1.29 is 4.79 Å². The first-order valence-corrected chi connectivity index (χ1v) is 7.75. The lowest BCUT2D eigenvalue weighted by atomic mass is 10.1. The number of hydrogen-bond donors (Lipinski definition) is 1. The topological polar surface area (TPSA) is 35.6 Å². The van der Waals surface area contributed by atoms with Gasteiger partial charge in [-0.05, 0) is 45.7 Å². The van der Waals surface area contributed by atoms with Crippen LogP contribution in [0.2, 0.25) is 0 Å². The molecule has 1 heterocycles. The van der Waals surface area contributed by atoms with Gasteiger partial charge in [0.15, 0.2) is 0 Å². The number of rotatable bonds is 5. The van der Waals surface area contributed by atoms with Crippen molar-refractivity contribution in [2.45, 2.75) is 63.1 Å². The van der Waals surface area contributed by atoms with Gasteiger partial charge in [-0.15, -0.1) is 0 Å². The Balaban J connectivity index is 1.68. The van der Waals surface area contributed by atoms with Gasteiger partial charge in [0.25, 0.3) is 0 Å². The van der Waals surface area contributed by atoms with Crippen LogP contribution in [-0.2, 0) is 4.79 Å². The molecule has 0 spiro atoms. The molecular weight excluding hydrogens is 238 g/mol. The number of hydrogen-bond acceptors (Lipinski definition) is 3. The summed E-state index contributed by atoms with van der Waals surface area (Å²) in [4.78, 5) is 16.1. The van der Waals surface area contributed by atoms with Crippen LogP contribution in [0.1, 0.15) is 44.9 Å². The van der Waals surface area contributed by atoms with Gasteiger partial charge in [0.1, 0.15) is 0 Å². The van der Waals surface area contributed by atoms with Crippen molar-refractivity contribution in [3.05, 3.63) is 0 Å². The zero-order valence-electron chi connectivity index (χ0n) is 12.7. The molecule has 1 aliphatic heterocycles. The SMILES string of the molecule is CN(C)C(=O)C1CCC(CCN(C)C2CCCC2)N1. The molecule has 0 radical (unpaired) electrons. The summed E-state index contributed by atoms with van der Waals surface area (Å²) >= 11 is 0. The zero-order valence-corrected chi connectivity index (χ0v) is 12.7. The minimum absolute atomic E-state index is 0.0526. The number of carbonyl (C=O) groups is 1. The number of nitrogens with one attached hydrogen (secondary N) is 1. The van der Waals surface area contributed by atoms with Crippen LogP contribution in [0.5, 0.6) is 0 Å². The first-order valence-electron chi connectivity index (χ1n) is 7.75. The molecule has 2 atom stereocenters. The highest BCUT2D eigenvalue weighted by molar-refractivity contribution is 5.81. The highest BCUT2D eigenvalue weighted by Gasteiger charge is 2.30. The van der Waals surface area contributed by atoms with Crippen LogP contribution in [0.3, 0.4) is 0 Å². The van der Waals surface area contributed by atoms with Crippen molar-refractivity contribution >= 4 is 5.91 Å². The average molecular weight is 267 g/mol. The Hall–Kier alpha value is -0.610. The smallest absolute Gasteiger partial charge is 0.239 e. The first-order chi connectivity index (χ1) is 9.08. The number of amides is 1. The van der Waals surface area contributed by atoms with Crippen LogP contribution < -0.4 is 5.32 Å². The summed E-state index contributed by atoms with van der Waals surface area (Å²) in [5.41, 5.74) is 0. The normalized spacial score (nSPS) is 28.2. The summed E-state index contributed by atoms with van der Waals surface area (Å²) in [5, 5.41) is 3.50. The van der Waals surface area contributed by atoms with E-state index in [0.29, 0.717) is 6.04 Å². The molecule has 2 fully saturated rings. The van der Waals surface area contributed by atoms with E-state index in [1.807, 2.05) is 14.1 Å². The lowest BCUT2D eigenvalue weighted by Gasteiger charge is -2.25. The molecular formula is C15H29N3O. The fourth-order valence-corrected chi connectivity index (χ4v) is 3.44. The summed E-state index contributed by atoms with van der Waals surface area (Å²) in [6.45, 7) is 1.16. The van der Waals surface area contributed by atoms with Crippen molar-refractivity contribution in [2.24, 2.45) is 0 Å². The van der Waals surface area contributed by atoms with E-state index in [2.05, 4.69) is 17.3 Å². The zero-order chi connectivity index (χ0) is 13.8. The molecule has 0 aromatic heterocycles. The van der Waals surface area contributed by atoms with Crippen LogP contribution in [0.4, 0.5) is 0 Å². The van der Waals surface area contributed by atoms with Gasteiger partial charge in [-0.25, -0.2) is 0 Å². The predicted molar refractivity (Wildman–Crippen MR) is 78.1 cm³/mol. The van der Waals surface area contributed by atoms with Crippen LogP contribution >= 0.6 is 0 Å². The Labute approximate surface area is 117 Å². The Kier molecular flexibility index (Phi) is 5.22. The molecule has 1 saturated carbocycles. The van der Waals surface area contributed by atoms with Crippen LogP contribution in [0.15, 0.2) is 0 Å². The number of likely N-dealkylation sites (N-methyl/N-ethyl adjacent to an activating group) is 1. The molecule has 2 unspecified atom stereocenters.